The summed E-state index contributed by atoms with van der Waals surface area (Å²) in [5, 5.41) is 0. The van der Waals surface area contributed by atoms with E-state index in [4.69, 9.17) is 23.7 Å². The van der Waals surface area contributed by atoms with Crippen LogP contribution in [0.4, 0.5) is 4.79 Å². The molecule has 28 heavy (non-hydrogen) atoms. The Labute approximate surface area is 168 Å². The number of carbonyl (C=O) groups excluding carboxylic acids is 1. The van der Waals surface area contributed by atoms with Crippen LogP contribution < -0.4 is 0 Å². The lowest BCUT2D eigenvalue weighted by atomic mass is 9.98. The maximum Gasteiger partial charge on any atom is 0.409 e. The lowest BCUT2D eigenvalue weighted by molar-refractivity contribution is 0.110. The van der Waals surface area contributed by atoms with Gasteiger partial charge in [0.25, 0.3) is 0 Å². The third-order valence-electron chi connectivity index (χ3n) is 6.67. The highest BCUT2D eigenvalue weighted by atomic mass is 16.6. The largest absolute Gasteiger partial charge is 0.447 e. The van der Waals surface area contributed by atoms with Crippen LogP contribution >= 0.6 is 0 Å². The highest BCUT2D eigenvalue weighted by molar-refractivity contribution is 5.66. The van der Waals surface area contributed by atoms with Crippen LogP contribution in [-0.2, 0) is 23.7 Å². The zero-order valence-electron chi connectivity index (χ0n) is 17.8. The summed E-state index contributed by atoms with van der Waals surface area (Å²) in [5.74, 6) is 0. The van der Waals surface area contributed by atoms with Crippen LogP contribution in [0.2, 0.25) is 0 Å². The van der Waals surface area contributed by atoms with E-state index in [0.717, 1.165) is 38.5 Å². The van der Waals surface area contributed by atoms with E-state index in [-0.39, 0.29) is 23.4 Å². The average molecular weight is 398 g/mol. The molecule has 4 rings (SSSR count). The van der Waals surface area contributed by atoms with Crippen LogP contribution in [0.1, 0.15) is 59.3 Å². The molecule has 0 aromatic carbocycles. The maximum atomic E-state index is 11.5. The minimum Gasteiger partial charge on any atom is -0.447 e. The Kier molecular flexibility index (Phi) is 5.40. The monoisotopic (exact) mass is 397 g/mol. The minimum absolute atomic E-state index is 0.00893. The molecule has 0 aromatic rings. The van der Waals surface area contributed by atoms with E-state index in [2.05, 4.69) is 20.8 Å². The van der Waals surface area contributed by atoms with Crippen LogP contribution in [-0.4, -0.2) is 79.5 Å². The Bertz CT molecular complexity index is 595. The van der Waals surface area contributed by atoms with E-state index >= 15 is 0 Å². The molecule has 3 unspecified atom stereocenters. The molecule has 0 aromatic heterocycles. The predicted molar refractivity (Wildman–Crippen MR) is 102 cm³/mol. The smallest absolute Gasteiger partial charge is 0.409 e. The molecular formula is C21H35NO6. The normalized spacial score (nSPS) is 42.0. The molecule has 4 fully saturated rings. The summed E-state index contributed by atoms with van der Waals surface area (Å²) in [6.45, 7) is 6.72. The lowest BCUT2D eigenvalue weighted by Crippen LogP contribution is -2.25. The van der Waals surface area contributed by atoms with Crippen LogP contribution in [0.25, 0.3) is 0 Å². The summed E-state index contributed by atoms with van der Waals surface area (Å²) in [6.07, 6.45) is 8.04. The molecule has 0 spiro atoms. The molecule has 160 valence electrons. The van der Waals surface area contributed by atoms with Crippen LogP contribution in [0.15, 0.2) is 0 Å². The van der Waals surface area contributed by atoms with Gasteiger partial charge in [0.2, 0.25) is 0 Å². The number of nitrogens with zero attached hydrogens (tertiary/aromatic N) is 1. The van der Waals surface area contributed by atoms with Crippen molar-refractivity contribution in [3.63, 3.8) is 0 Å². The van der Waals surface area contributed by atoms with Crippen molar-refractivity contribution in [2.75, 3.05) is 20.7 Å². The van der Waals surface area contributed by atoms with Crippen molar-refractivity contribution in [1.29, 1.82) is 0 Å². The summed E-state index contributed by atoms with van der Waals surface area (Å²) in [4.78, 5) is 12.9. The number of rotatable bonds is 11. The first-order valence-electron chi connectivity index (χ1n) is 10.7. The highest BCUT2D eigenvalue weighted by Crippen LogP contribution is 2.44. The van der Waals surface area contributed by atoms with Gasteiger partial charge in [0, 0.05) is 14.1 Å². The summed E-state index contributed by atoms with van der Waals surface area (Å²) >= 11 is 0. The first kappa shape index (κ1) is 20.4. The molecule has 0 saturated carbocycles. The van der Waals surface area contributed by atoms with Gasteiger partial charge in [-0.05, 0) is 59.3 Å². The molecule has 0 N–H and O–H groups in total. The van der Waals surface area contributed by atoms with Gasteiger partial charge in [-0.3, -0.25) is 0 Å². The van der Waals surface area contributed by atoms with Crippen molar-refractivity contribution >= 4 is 6.09 Å². The topological polar surface area (TPSA) is 79.7 Å². The molecule has 0 aliphatic carbocycles. The van der Waals surface area contributed by atoms with Gasteiger partial charge in [-0.15, -0.1) is 0 Å². The fourth-order valence-electron chi connectivity index (χ4n) is 4.18. The van der Waals surface area contributed by atoms with Gasteiger partial charge in [0.05, 0.1) is 41.7 Å². The van der Waals surface area contributed by atoms with E-state index < -0.39 is 0 Å². The molecule has 4 heterocycles. The summed E-state index contributed by atoms with van der Waals surface area (Å²) in [7, 11) is 3.36. The molecule has 0 radical (unpaired) electrons. The second-order valence-electron chi connectivity index (χ2n) is 9.72. The Morgan fingerprint density at radius 1 is 0.857 bits per heavy atom. The second kappa shape index (κ2) is 7.42. The van der Waals surface area contributed by atoms with Gasteiger partial charge in [0.1, 0.15) is 12.7 Å². The molecule has 1 amide bonds. The molecule has 7 heteroatoms. The fourth-order valence-corrected chi connectivity index (χ4v) is 4.18. The molecular weight excluding hydrogens is 362 g/mol. The van der Waals surface area contributed by atoms with Gasteiger partial charge in [-0.25, -0.2) is 4.79 Å². The highest BCUT2D eigenvalue weighted by Gasteiger charge is 2.54. The number of hydrogen-bond donors (Lipinski definition) is 0. The van der Waals surface area contributed by atoms with Gasteiger partial charge in [-0.1, -0.05) is 0 Å². The van der Waals surface area contributed by atoms with E-state index in [1.165, 1.54) is 4.90 Å². The molecule has 7 nitrogen and oxygen atoms in total. The van der Waals surface area contributed by atoms with Gasteiger partial charge in [-0.2, -0.15) is 0 Å². The van der Waals surface area contributed by atoms with E-state index in [1.807, 2.05) is 0 Å². The molecule has 4 aliphatic heterocycles. The van der Waals surface area contributed by atoms with Crippen molar-refractivity contribution in [3.05, 3.63) is 0 Å². The van der Waals surface area contributed by atoms with Crippen molar-refractivity contribution in [1.82, 2.24) is 4.90 Å². The molecule has 7 atom stereocenters. The zero-order chi connectivity index (χ0) is 20.1. The van der Waals surface area contributed by atoms with Crippen LogP contribution in [0.3, 0.4) is 0 Å². The quantitative estimate of drug-likeness (QED) is 0.499. The molecule has 4 saturated heterocycles. The minimum atomic E-state index is -0.322. The summed E-state index contributed by atoms with van der Waals surface area (Å²) < 4.78 is 28.2. The van der Waals surface area contributed by atoms with Crippen LogP contribution in [0.5, 0.6) is 0 Å². The Morgan fingerprint density at radius 2 is 1.39 bits per heavy atom. The van der Waals surface area contributed by atoms with E-state index in [0.29, 0.717) is 37.1 Å². The van der Waals surface area contributed by atoms with Crippen molar-refractivity contribution in [2.45, 2.75) is 107 Å². The van der Waals surface area contributed by atoms with Crippen LogP contribution in [0, 0.1) is 0 Å². The van der Waals surface area contributed by atoms with Crippen molar-refractivity contribution in [2.24, 2.45) is 0 Å². The number of ether oxygens (including phenoxy) is 5. The summed E-state index contributed by atoms with van der Waals surface area (Å²) in [5.41, 5.74) is -0.0825. The zero-order valence-corrected chi connectivity index (χ0v) is 17.8. The number of hydrogen-bond acceptors (Lipinski definition) is 6. The average Bonchev–Trinajstić information content (AvgIpc) is 3.47. The molecule has 4 aliphatic rings. The predicted octanol–water partition coefficient (Wildman–Crippen LogP) is 2.89. The standard InChI is InChI=1S/C21H35NO6/c1-20(2)17(27-20)9-8-15-13(25-15)6-7-14-16(26-14)10-11-21(3)18(28-21)12-24-19(23)22(4)5/h13-18H,6-12H2,1-5H3/t13-,14?,15?,16-,17-,18-,21?/m1/s1. The van der Waals surface area contributed by atoms with Crippen molar-refractivity contribution in [3.8, 4) is 0 Å². The second-order valence-corrected chi connectivity index (χ2v) is 9.72. The summed E-state index contributed by atoms with van der Waals surface area (Å²) in [6, 6.07) is 0. The lowest BCUT2D eigenvalue weighted by Gasteiger charge is -2.10. The van der Waals surface area contributed by atoms with Gasteiger partial charge in [0.15, 0.2) is 0 Å². The molecule has 0 bridgehead atoms. The van der Waals surface area contributed by atoms with Gasteiger partial charge < -0.3 is 28.6 Å². The van der Waals surface area contributed by atoms with Crippen molar-refractivity contribution < 1.29 is 28.5 Å². The number of carbonyl (C=O) groups is 1. The van der Waals surface area contributed by atoms with Gasteiger partial charge >= 0.3 is 6.09 Å². The Balaban J connectivity index is 1.02. The number of epoxide rings is 4. The number of amides is 1. The Morgan fingerprint density at radius 3 is 1.93 bits per heavy atom. The third kappa shape index (κ3) is 4.99. The fraction of sp³-hybridized carbons (Fsp3) is 0.952. The Hall–Kier alpha value is -0.890. The maximum absolute atomic E-state index is 11.5. The van der Waals surface area contributed by atoms with E-state index in [1.54, 1.807) is 14.1 Å². The first-order chi connectivity index (χ1) is 13.2. The SMILES string of the molecule is CN(C)C(=O)OC[C@H]1OC1(C)CC[C@H]1OC1CC[C@H]1OC1CC[C@H]1OC1(C)C. The van der Waals surface area contributed by atoms with E-state index in [9.17, 15) is 4.79 Å². The third-order valence-corrected chi connectivity index (χ3v) is 6.67. The first-order valence-corrected chi connectivity index (χ1v) is 10.7.